The van der Waals surface area contributed by atoms with Crippen molar-refractivity contribution in [2.75, 3.05) is 44.4 Å². The monoisotopic (exact) mass is 318 g/mol. The lowest BCUT2D eigenvalue weighted by Gasteiger charge is -2.30. The molecule has 6 nitrogen and oxygen atoms in total. The highest BCUT2D eigenvalue weighted by atomic mass is 16.5. The Labute approximate surface area is 137 Å². The first-order chi connectivity index (χ1) is 11.3. The van der Waals surface area contributed by atoms with E-state index in [9.17, 15) is 0 Å². The van der Waals surface area contributed by atoms with Crippen LogP contribution < -0.4 is 16.0 Å². The molecular formula is C17H26N4O2. The normalized spacial score (nSPS) is 22.3. The summed E-state index contributed by atoms with van der Waals surface area (Å²) >= 11 is 0. The van der Waals surface area contributed by atoms with Crippen molar-refractivity contribution in [3.8, 4) is 0 Å². The Balaban J connectivity index is 1.57. The smallest absolute Gasteiger partial charge is 0.189 e. The van der Waals surface area contributed by atoms with Crippen molar-refractivity contribution in [2.24, 2.45) is 10.7 Å². The Hall–Kier alpha value is -1.79. The van der Waals surface area contributed by atoms with Gasteiger partial charge in [-0.1, -0.05) is 18.2 Å². The van der Waals surface area contributed by atoms with Crippen LogP contribution in [0.2, 0.25) is 0 Å². The van der Waals surface area contributed by atoms with Crippen LogP contribution in [0.25, 0.3) is 0 Å². The van der Waals surface area contributed by atoms with Crippen molar-refractivity contribution >= 4 is 11.6 Å². The van der Waals surface area contributed by atoms with Crippen molar-refractivity contribution in [3.63, 3.8) is 0 Å². The van der Waals surface area contributed by atoms with Gasteiger partial charge in [-0.2, -0.15) is 0 Å². The maximum atomic E-state index is 5.98. The average Bonchev–Trinajstić information content (AvgIpc) is 3.13. The first kappa shape index (κ1) is 16.1. The molecule has 0 aliphatic carbocycles. The lowest BCUT2D eigenvalue weighted by atomic mass is 10.1. The molecule has 0 amide bonds. The van der Waals surface area contributed by atoms with E-state index in [0.717, 1.165) is 52.3 Å². The van der Waals surface area contributed by atoms with Crippen LogP contribution in [0.15, 0.2) is 29.3 Å². The standard InChI is InChI=1S/C17H26N4O2/c18-17(20-13-15-5-3-9-23-15)19-12-14-4-1-2-6-16(14)21-7-10-22-11-8-21/h1-2,4,6,15H,3,5,7-13H2,(H3,18,19,20). The molecule has 2 fully saturated rings. The molecule has 1 unspecified atom stereocenters. The quantitative estimate of drug-likeness (QED) is 0.628. The van der Waals surface area contributed by atoms with Gasteiger partial charge >= 0.3 is 0 Å². The van der Waals surface area contributed by atoms with Crippen LogP contribution in [-0.4, -0.2) is 51.5 Å². The zero-order valence-electron chi connectivity index (χ0n) is 13.5. The summed E-state index contributed by atoms with van der Waals surface area (Å²) in [5.74, 6) is 0.484. The van der Waals surface area contributed by atoms with Crippen molar-refractivity contribution in [1.29, 1.82) is 0 Å². The third kappa shape index (κ3) is 4.59. The number of benzene rings is 1. The summed E-state index contributed by atoms with van der Waals surface area (Å²) in [7, 11) is 0. The van der Waals surface area contributed by atoms with E-state index in [0.29, 0.717) is 12.5 Å². The number of hydrogen-bond acceptors (Lipinski definition) is 4. The minimum absolute atomic E-state index is 0.268. The molecule has 3 N–H and O–H groups in total. The van der Waals surface area contributed by atoms with Gasteiger partial charge in [0.1, 0.15) is 0 Å². The van der Waals surface area contributed by atoms with Crippen LogP contribution in [0.3, 0.4) is 0 Å². The van der Waals surface area contributed by atoms with E-state index in [4.69, 9.17) is 15.2 Å². The highest BCUT2D eigenvalue weighted by molar-refractivity contribution is 5.78. The molecule has 3 rings (SSSR count). The number of hydrogen-bond donors (Lipinski definition) is 2. The topological polar surface area (TPSA) is 72.1 Å². The third-order valence-corrected chi connectivity index (χ3v) is 4.30. The lowest BCUT2D eigenvalue weighted by molar-refractivity contribution is 0.114. The van der Waals surface area contributed by atoms with Gasteiger partial charge in [0.05, 0.1) is 25.9 Å². The Morgan fingerprint density at radius 3 is 2.87 bits per heavy atom. The van der Waals surface area contributed by atoms with Gasteiger partial charge in [-0.15, -0.1) is 0 Å². The Morgan fingerprint density at radius 1 is 1.26 bits per heavy atom. The van der Waals surface area contributed by atoms with Gasteiger partial charge in [0.15, 0.2) is 5.96 Å². The molecule has 1 aromatic carbocycles. The van der Waals surface area contributed by atoms with Crippen LogP contribution in [-0.2, 0) is 16.0 Å². The van der Waals surface area contributed by atoms with E-state index >= 15 is 0 Å². The van der Waals surface area contributed by atoms with Crippen LogP contribution in [0.5, 0.6) is 0 Å². The molecule has 0 saturated carbocycles. The number of rotatable bonds is 5. The first-order valence-corrected chi connectivity index (χ1v) is 8.39. The van der Waals surface area contributed by atoms with E-state index in [-0.39, 0.29) is 6.10 Å². The van der Waals surface area contributed by atoms with E-state index in [1.807, 2.05) is 6.07 Å². The molecule has 6 heteroatoms. The van der Waals surface area contributed by atoms with Crippen molar-refractivity contribution in [2.45, 2.75) is 25.5 Å². The molecule has 0 aromatic heterocycles. The molecular weight excluding hydrogens is 292 g/mol. The minimum Gasteiger partial charge on any atom is -0.378 e. The second-order valence-corrected chi connectivity index (χ2v) is 5.95. The average molecular weight is 318 g/mol. The van der Waals surface area contributed by atoms with Gasteiger partial charge in [0.2, 0.25) is 0 Å². The molecule has 0 bridgehead atoms. The fraction of sp³-hybridized carbons (Fsp3) is 0.588. The van der Waals surface area contributed by atoms with Gasteiger partial charge in [0, 0.05) is 31.9 Å². The summed E-state index contributed by atoms with van der Waals surface area (Å²) in [5, 5.41) is 3.16. The number of nitrogens with zero attached hydrogens (tertiary/aromatic N) is 2. The van der Waals surface area contributed by atoms with E-state index in [1.54, 1.807) is 0 Å². The number of aliphatic imine (C=N–C) groups is 1. The molecule has 2 aliphatic heterocycles. The molecule has 23 heavy (non-hydrogen) atoms. The lowest BCUT2D eigenvalue weighted by Crippen LogP contribution is -2.37. The van der Waals surface area contributed by atoms with Crippen LogP contribution in [0.4, 0.5) is 5.69 Å². The van der Waals surface area contributed by atoms with Gasteiger partial charge in [-0.25, -0.2) is 4.99 Å². The number of ether oxygens (including phenoxy) is 2. The number of morpholine rings is 1. The predicted octanol–water partition coefficient (Wildman–Crippen LogP) is 1.11. The highest BCUT2D eigenvalue weighted by Gasteiger charge is 2.16. The summed E-state index contributed by atoms with van der Waals surface area (Å²) in [5.41, 5.74) is 8.40. The second kappa shape index (κ2) is 8.17. The van der Waals surface area contributed by atoms with Gasteiger partial charge in [0.25, 0.3) is 0 Å². The SMILES string of the molecule is NC(=NCc1ccccc1N1CCOCC1)NCC1CCCO1. The Morgan fingerprint density at radius 2 is 2.09 bits per heavy atom. The minimum atomic E-state index is 0.268. The molecule has 0 spiro atoms. The molecule has 2 saturated heterocycles. The summed E-state index contributed by atoms with van der Waals surface area (Å²) in [6.07, 6.45) is 2.50. The number of anilines is 1. The number of nitrogens with two attached hydrogens (primary N) is 1. The summed E-state index contributed by atoms with van der Waals surface area (Å²) in [6.45, 7) is 5.58. The van der Waals surface area contributed by atoms with Crippen LogP contribution in [0.1, 0.15) is 18.4 Å². The van der Waals surface area contributed by atoms with E-state index in [1.165, 1.54) is 11.3 Å². The number of guanidine groups is 1. The second-order valence-electron chi connectivity index (χ2n) is 5.95. The summed E-state index contributed by atoms with van der Waals surface area (Å²) in [4.78, 5) is 6.83. The Kier molecular flexibility index (Phi) is 5.71. The molecule has 2 aliphatic rings. The van der Waals surface area contributed by atoms with Crippen molar-refractivity contribution in [3.05, 3.63) is 29.8 Å². The van der Waals surface area contributed by atoms with Crippen molar-refractivity contribution in [1.82, 2.24) is 5.32 Å². The highest BCUT2D eigenvalue weighted by Crippen LogP contribution is 2.22. The fourth-order valence-electron chi connectivity index (χ4n) is 3.01. The molecule has 126 valence electrons. The molecule has 1 aromatic rings. The van der Waals surface area contributed by atoms with Gasteiger partial charge < -0.3 is 25.4 Å². The first-order valence-electron chi connectivity index (χ1n) is 8.39. The van der Waals surface area contributed by atoms with Gasteiger partial charge in [-0.3, -0.25) is 0 Å². The Bertz CT molecular complexity index is 523. The fourth-order valence-corrected chi connectivity index (χ4v) is 3.01. The number of nitrogens with one attached hydrogen (secondary N) is 1. The predicted molar refractivity (Wildman–Crippen MR) is 91.8 cm³/mol. The maximum Gasteiger partial charge on any atom is 0.189 e. The van der Waals surface area contributed by atoms with E-state index < -0.39 is 0 Å². The summed E-state index contributed by atoms with van der Waals surface area (Å²) in [6, 6.07) is 8.37. The van der Waals surface area contributed by atoms with Crippen LogP contribution >= 0.6 is 0 Å². The molecule has 1 atom stereocenters. The van der Waals surface area contributed by atoms with E-state index in [2.05, 4.69) is 33.4 Å². The van der Waals surface area contributed by atoms with Crippen LogP contribution in [0, 0.1) is 0 Å². The third-order valence-electron chi connectivity index (χ3n) is 4.30. The zero-order valence-corrected chi connectivity index (χ0v) is 13.5. The molecule has 2 heterocycles. The summed E-state index contributed by atoms with van der Waals surface area (Å²) < 4.78 is 11.0. The number of para-hydroxylation sites is 1. The largest absolute Gasteiger partial charge is 0.378 e. The van der Waals surface area contributed by atoms with Gasteiger partial charge in [-0.05, 0) is 24.5 Å². The van der Waals surface area contributed by atoms with Crippen molar-refractivity contribution < 1.29 is 9.47 Å². The molecule has 0 radical (unpaired) electrons. The zero-order chi connectivity index (χ0) is 15.9. The maximum absolute atomic E-state index is 5.98.